The van der Waals surface area contributed by atoms with Crippen LogP contribution in [0.2, 0.25) is 0 Å². The summed E-state index contributed by atoms with van der Waals surface area (Å²) in [7, 11) is -3.51. The zero-order chi connectivity index (χ0) is 26.0. The maximum Gasteiger partial charge on any atom is 0.230 e. The molecule has 0 saturated heterocycles. The van der Waals surface area contributed by atoms with Crippen molar-refractivity contribution in [2.75, 3.05) is 18.1 Å². The third kappa shape index (κ3) is 5.84. The quantitative estimate of drug-likeness (QED) is 0.198. The number of amides is 1. The van der Waals surface area contributed by atoms with E-state index in [0.29, 0.717) is 27.4 Å². The molecule has 0 radical (unpaired) electrons. The summed E-state index contributed by atoms with van der Waals surface area (Å²) >= 11 is 4.63. The number of furan rings is 1. The molecular weight excluding hydrogens is 580 g/mol. The van der Waals surface area contributed by atoms with Crippen molar-refractivity contribution < 1.29 is 17.6 Å². The van der Waals surface area contributed by atoms with Crippen molar-refractivity contribution in [1.29, 1.82) is 0 Å². The topological polar surface area (TPSA) is 133 Å². The zero-order valence-electron chi connectivity index (χ0n) is 19.6. The molecule has 13 heteroatoms. The number of hydrogen-bond donors (Lipinski definition) is 1. The normalized spacial score (nSPS) is 11.8. The van der Waals surface area contributed by atoms with E-state index in [4.69, 9.17) is 4.42 Å². The van der Waals surface area contributed by atoms with Gasteiger partial charge in [-0.2, -0.15) is 0 Å². The van der Waals surface area contributed by atoms with Gasteiger partial charge in [0, 0.05) is 16.4 Å². The number of sulfone groups is 1. The highest BCUT2D eigenvalue weighted by Crippen LogP contribution is 2.32. The molecule has 10 nitrogen and oxygen atoms in total. The number of carbonyl (C=O) groups is 1. The third-order valence-corrected chi connectivity index (χ3v) is 8.54. The number of rotatable bonds is 9. The van der Waals surface area contributed by atoms with E-state index in [1.165, 1.54) is 18.1 Å². The molecule has 0 aliphatic rings. The minimum absolute atomic E-state index is 0.00843. The summed E-state index contributed by atoms with van der Waals surface area (Å²) in [6, 6.07) is 13.2. The molecule has 190 valence electrons. The Kier molecular flexibility index (Phi) is 7.26. The number of fused-ring (bicyclic) bond motifs is 3. The summed E-state index contributed by atoms with van der Waals surface area (Å²) in [4.78, 5) is 20.9. The maximum atomic E-state index is 12.6. The van der Waals surface area contributed by atoms with Gasteiger partial charge in [0.2, 0.25) is 5.91 Å². The van der Waals surface area contributed by atoms with Crippen molar-refractivity contribution in [1.82, 2.24) is 30.3 Å². The van der Waals surface area contributed by atoms with Crippen molar-refractivity contribution in [3.05, 3.63) is 70.7 Å². The number of aryl methyl sites for hydroxylation is 1. The zero-order valence-corrected chi connectivity index (χ0v) is 22.8. The van der Waals surface area contributed by atoms with Crippen LogP contribution < -0.4 is 5.32 Å². The van der Waals surface area contributed by atoms with Crippen LogP contribution in [-0.2, 0) is 20.4 Å². The van der Waals surface area contributed by atoms with Gasteiger partial charge in [0.15, 0.2) is 15.4 Å². The number of nitrogens with one attached hydrogen (secondary N) is 1. The summed E-state index contributed by atoms with van der Waals surface area (Å²) in [5.41, 5.74) is 4.02. The van der Waals surface area contributed by atoms with Crippen LogP contribution in [0.25, 0.3) is 27.8 Å². The lowest BCUT2D eigenvalue weighted by molar-refractivity contribution is -0.118. The van der Waals surface area contributed by atoms with E-state index in [1.807, 2.05) is 49.4 Å². The summed E-state index contributed by atoms with van der Waals surface area (Å²) in [5, 5.41) is 12.1. The molecule has 0 bridgehead atoms. The fourth-order valence-corrected chi connectivity index (χ4v) is 6.17. The van der Waals surface area contributed by atoms with Crippen LogP contribution in [0.5, 0.6) is 0 Å². The second kappa shape index (κ2) is 10.6. The minimum atomic E-state index is -3.51. The van der Waals surface area contributed by atoms with E-state index in [1.54, 1.807) is 10.9 Å². The van der Waals surface area contributed by atoms with Gasteiger partial charge < -0.3 is 9.73 Å². The summed E-state index contributed by atoms with van der Waals surface area (Å²) in [6.45, 7) is 1.93. The molecule has 3 heterocycles. The summed E-state index contributed by atoms with van der Waals surface area (Å²) < 4.78 is 33.5. The van der Waals surface area contributed by atoms with Gasteiger partial charge in [0.1, 0.15) is 22.5 Å². The average molecular weight is 602 g/mol. The average Bonchev–Trinajstić information content (AvgIpc) is 3.47. The highest BCUT2D eigenvalue weighted by Gasteiger charge is 2.17. The number of nitrogens with zero attached hydrogens (tertiary/aromatic N) is 5. The lowest BCUT2D eigenvalue weighted by Gasteiger charge is -2.06. The maximum absolute atomic E-state index is 12.6. The van der Waals surface area contributed by atoms with Crippen LogP contribution in [0.4, 0.5) is 0 Å². The molecule has 5 rings (SSSR count). The van der Waals surface area contributed by atoms with Crippen LogP contribution in [0.3, 0.4) is 0 Å². The van der Waals surface area contributed by atoms with Crippen LogP contribution in [-0.4, -0.2) is 57.3 Å². The number of para-hydroxylation sites is 1. The number of thioether (sulfide) groups is 1. The Morgan fingerprint density at radius 3 is 2.86 bits per heavy atom. The first-order valence-electron chi connectivity index (χ1n) is 11.2. The van der Waals surface area contributed by atoms with Gasteiger partial charge in [0.05, 0.1) is 34.8 Å². The lowest BCUT2D eigenvalue weighted by Crippen LogP contribution is -2.30. The second-order valence-electron chi connectivity index (χ2n) is 8.27. The number of halogens is 1. The van der Waals surface area contributed by atoms with E-state index in [0.717, 1.165) is 21.1 Å². The monoisotopic (exact) mass is 600 g/mol. The molecule has 0 spiro atoms. The van der Waals surface area contributed by atoms with Crippen LogP contribution >= 0.6 is 27.7 Å². The summed E-state index contributed by atoms with van der Waals surface area (Å²) in [5.74, 6) is -0.725. The van der Waals surface area contributed by atoms with Gasteiger partial charge in [0.25, 0.3) is 0 Å². The van der Waals surface area contributed by atoms with E-state index in [2.05, 4.69) is 41.5 Å². The SMILES string of the molecule is Cc1cc(Br)ccc1-n1cc(CS(=O)(=O)CCNC(=O)CSc2ncnc3c2oc2ccccc23)nn1. The van der Waals surface area contributed by atoms with Gasteiger partial charge in [-0.3, -0.25) is 4.79 Å². The fraction of sp³-hybridized carbons (Fsp3) is 0.208. The van der Waals surface area contributed by atoms with Crippen molar-refractivity contribution in [2.24, 2.45) is 0 Å². The summed E-state index contributed by atoms with van der Waals surface area (Å²) in [6.07, 6.45) is 3.04. The fourth-order valence-electron chi connectivity index (χ4n) is 3.79. The van der Waals surface area contributed by atoms with Crippen molar-refractivity contribution in [3.63, 3.8) is 0 Å². The van der Waals surface area contributed by atoms with E-state index in [9.17, 15) is 13.2 Å². The van der Waals surface area contributed by atoms with Crippen molar-refractivity contribution in [3.8, 4) is 5.69 Å². The highest BCUT2D eigenvalue weighted by atomic mass is 79.9. The Morgan fingerprint density at radius 1 is 1.19 bits per heavy atom. The molecule has 0 unspecified atom stereocenters. The Labute approximate surface area is 224 Å². The first-order chi connectivity index (χ1) is 17.8. The lowest BCUT2D eigenvalue weighted by atomic mass is 10.2. The first-order valence-corrected chi connectivity index (χ1v) is 14.8. The van der Waals surface area contributed by atoms with Gasteiger partial charge >= 0.3 is 0 Å². The smallest absolute Gasteiger partial charge is 0.230 e. The largest absolute Gasteiger partial charge is 0.451 e. The van der Waals surface area contributed by atoms with Crippen LogP contribution in [0, 0.1) is 6.92 Å². The molecule has 0 saturated carbocycles. The Bertz CT molecular complexity index is 1720. The van der Waals surface area contributed by atoms with E-state index >= 15 is 0 Å². The molecule has 0 aliphatic heterocycles. The molecule has 5 aromatic rings. The molecule has 0 aliphatic carbocycles. The standard InChI is InChI=1S/C24H21BrN6O4S2/c1-15-10-16(25)6-7-19(15)31-11-17(29-30-31)13-37(33,34)9-8-26-21(32)12-36-24-23-22(27-14-28-24)18-4-2-3-5-20(18)35-23/h2-7,10-11,14H,8-9,12-13H2,1H3,(H,26,32). The molecular formula is C24H21BrN6O4S2. The second-order valence-corrected chi connectivity index (χ2v) is 12.3. The number of hydrogen-bond acceptors (Lipinski definition) is 9. The van der Waals surface area contributed by atoms with Crippen LogP contribution in [0.1, 0.15) is 11.3 Å². The number of aromatic nitrogens is 5. The van der Waals surface area contributed by atoms with E-state index < -0.39 is 9.84 Å². The molecule has 0 fully saturated rings. The van der Waals surface area contributed by atoms with E-state index in [-0.39, 0.29) is 29.7 Å². The molecule has 2 aromatic carbocycles. The molecule has 0 atom stereocenters. The van der Waals surface area contributed by atoms with Crippen molar-refractivity contribution >= 4 is 65.5 Å². The first kappa shape index (κ1) is 25.4. The van der Waals surface area contributed by atoms with Crippen LogP contribution in [0.15, 0.2) is 68.9 Å². The molecule has 1 N–H and O–H groups in total. The van der Waals surface area contributed by atoms with Gasteiger partial charge in [-0.15, -0.1) is 5.10 Å². The predicted molar refractivity (Wildman–Crippen MR) is 144 cm³/mol. The number of benzene rings is 2. The Hall–Kier alpha value is -3.29. The molecule has 37 heavy (non-hydrogen) atoms. The Morgan fingerprint density at radius 2 is 2.03 bits per heavy atom. The van der Waals surface area contributed by atoms with Gasteiger partial charge in [-0.1, -0.05) is 45.0 Å². The number of carbonyl (C=O) groups excluding carboxylic acids is 1. The van der Waals surface area contributed by atoms with Gasteiger partial charge in [-0.25, -0.2) is 23.1 Å². The predicted octanol–water partition coefficient (Wildman–Crippen LogP) is 3.85. The third-order valence-electron chi connectivity index (χ3n) is 5.51. The highest BCUT2D eigenvalue weighted by molar-refractivity contribution is 9.10. The molecule has 3 aromatic heterocycles. The van der Waals surface area contributed by atoms with Gasteiger partial charge in [-0.05, 0) is 42.8 Å². The Balaban J connectivity index is 1.14. The molecule has 1 amide bonds. The van der Waals surface area contributed by atoms with Crippen molar-refractivity contribution in [2.45, 2.75) is 17.7 Å². The minimum Gasteiger partial charge on any atom is -0.451 e.